The maximum atomic E-state index is 12.5. The second-order valence-corrected chi connectivity index (χ2v) is 5.82. The number of hydrogen-bond acceptors (Lipinski definition) is 3. The molecule has 5 nitrogen and oxygen atoms in total. The van der Waals surface area contributed by atoms with Gasteiger partial charge < -0.3 is 0 Å². The summed E-state index contributed by atoms with van der Waals surface area (Å²) in [4.78, 5) is 17.0. The zero-order valence-corrected chi connectivity index (χ0v) is 14.0. The van der Waals surface area contributed by atoms with Crippen LogP contribution in [0.3, 0.4) is 0 Å². The van der Waals surface area contributed by atoms with Gasteiger partial charge in [-0.3, -0.25) is 19.0 Å². The van der Waals surface area contributed by atoms with Gasteiger partial charge in [0.25, 0.3) is 0 Å². The molecule has 118 valence electrons. The van der Waals surface area contributed by atoms with E-state index in [0.29, 0.717) is 18.3 Å². The molecular weight excluding hydrogens is 276 g/mol. The van der Waals surface area contributed by atoms with E-state index in [1.54, 1.807) is 10.8 Å². The van der Waals surface area contributed by atoms with Crippen LogP contribution in [-0.2, 0) is 13.5 Å². The molecule has 0 bridgehead atoms. The summed E-state index contributed by atoms with van der Waals surface area (Å²) < 4.78 is 3.51. The fourth-order valence-corrected chi connectivity index (χ4v) is 2.55. The van der Waals surface area contributed by atoms with Gasteiger partial charge in [-0.15, -0.1) is 0 Å². The summed E-state index contributed by atoms with van der Waals surface area (Å²) in [5.74, 6) is 0.0580. The lowest BCUT2D eigenvalue weighted by Gasteiger charge is -2.07. The van der Waals surface area contributed by atoms with Gasteiger partial charge in [-0.25, -0.2) is 0 Å². The Kier molecular flexibility index (Phi) is 4.96. The van der Waals surface area contributed by atoms with Crippen LogP contribution in [0.2, 0.25) is 0 Å². The SMILES string of the molecule is Cc1nn(C)c(C)c1CCC(=O)n1ccccc1=NC(C)C. The van der Waals surface area contributed by atoms with E-state index < -0.39 is 0 Å². The molecule has 0 N–H and O–H groups in total. The van der Waals surface area contributed by atoms with E-state index in [-0.39, 0.29) is 11.9 Å². The molecule has 0 atom stereocenters. The molecule has 22 heavy (non-hydrogen) atoms. The second kappa shape index (κ2) is 6.73. The number of aromatic nitrogens is 3. The van der Waals surface area contributed by atoms with Gasteiger partial charge in [-0.05, 0) is 51.8 Å². The first-order valence-corrected chi connectivity index (χ1v) is 7.64. The van der Waals surface area contributed by atoms with Crippen LogP contribution in [-0.4, -0.2) is 26.3 Å². The maximum Gasteiger partial charge on any atom is 0.232 e. The van der Waals surface area contributed by atoms with Crippen molar-refractivity contribution < 1.29 is 4.79 Å². The van der Waals surface area contributed by atoms with Crippen molar-refractivity contribution in [2.45, 2.75) is 46.6 Å². The molecule has 0 aliphatic heterocycles. The van der Waals surface area contributed by atoms with Gasteiger partial charge in [-0.2, -0.15) is 5.10 Å². The highest BCUT2D eigenvalue weighted by molar-refractivity contribution is 5.78. The predicted molar refractivity (Wildman–Crippen MR) is 86.8 cm³/mol. The highest BCUT2D eigenvalue weighted by atomic mass is 16.2. The third-order valence-corrected chi connectivity index (χ3v) is 3.75. The zero-order chi connectivity index (χ0) is 16.3. The second-order valence-electron chi connectivity index (χ2n) is 5.82. The van der Waals surface area contributed by atoms with E-state index in [4.69, 9.17) is 0 Å². The molecule has 2 heterocycles. The van der Waals surface area contributed by atoms with Crippen molar-refractivity contribution in [2.75, 3.05) is 0 Å². The molecule has 0 aliphatic rings. The average Bonchev–Trinajstić information content (AvgIpc) is 2.70. The molecule has 0 saturated heterocycles. The molecule has 0 amide bonds. The molecular formula is C17H24N4O. The molecule has 0 aromatic carbocycles. The van der Waals surface area contributed by atoms with Crippen LogP contribution in [0.5, 0.6) is 0 Å². The van der Waals surface area contributed by atoms with Gasteiger partial charge in [0.1, 0.15) is 5.49 Å². The summed E-state index contributed by atoms with van der Waals surface area (Å²) in [6.07, 6.45) is 2.93. The zero-order valence-electron chi connectivity index (χ0n) is 14.0. The Balaban J connectivity index is 2.20. The first-order valence-electron chi connectivity index (χ1n) is 7.64. The first-order chi connectivity index (χ1) is 10.4. The van der Waals surface area contributed by atoms with Crippen molar-refractivity contribution in [1.29, 1.82) is 0 Å². The largest absolute Gasteiger partial charge is 0.274 e. The van der Waals surface area contributed by atoms with E-state index in [0.717, 1.165) is 17.0 Å². The fraction of sp³-hybridized carbons (Fsp3) is 0.471. The van der Waals surface area contributed by atoms with E-state index in [9.17, 15) is 4.79 Å². The number of hydrogen-bond donors (Lipinski definition) is 0. The molecule has 0 saturated carbocycles. The van der Waals surface area contributed by atoms with E-state index in [1.807, 2.05) is 57.6 Å². The third kappa shape index (κ3) is 3.53. The minimum Gasteiger partial charge on any atom is -0.274 e. The Bertz CT molecular complexity index is 737. The number of carbonyl (C=O) groups is 1. The van der Waals surface area contributed by atoms with Crippen LogP contribution in [0.15, 0.2) is 29.4 Å². The number of rotatable bonds is 4. The molecule has 0 spiro atoms. The number of pyridine rings is 1. The molecule has 0 aliphatic carbocycles. The Hall–Kier alpha value is -2.17. The van der Waals surface area contributed by atoms with Crippen molar-refractivity contribution in [1.82, 2.24) is 14.3 Å². The van der Waals surface area contributed by atoms with Gasteiger partial charge in [0.05, 0.1) is 5.69 Å². The quantitative estimate of drug-likeness (QED) is 0.870. The van der Waals surface area contributed by atoms with Gasteiger partial charge in [0, 0.05) is 31.4 Å². The maximum absolute atomic E-state index is 12.5. The van der Waals surface area contributed by atoms with E-state index in [1.165, 1.54) is 0 Å². The minimum absolute atomic E-state index is 0.0580. The predicted octanol–water partition coefficient (Wildman–Crippen LogP) is 2.42. The van der Waals surface area contributed by atoms with Gasteiger partial charge >= 0.3 is 0 Å². The monoisotopic (exact) mass is 300 g/mol. The van der Waals surface area contributed by atoms with Crippen LogP contribution >= 0.6 is 0 Å². The molecule has 5 heteroatoms. The normalized spacial score (nSPS) is 12.2. The van der Waals surface area contributed by atoms with Crippen molar-refractivity contribution in [3.05, 3.63) is 46.8 Å². The first kappa shape index (κ1) is 16.2. The average molecular weight is 300 g/mol. The van der Waals surface area contributed by atoms with Crippen molar-refractivity contribution in [3.63, 3.8) is 0 Å². The lowest BCUT2D eigenvalue weighted by atomic mass is 10.1. The van der Waals surface area contributed by atoms with Crippen LogP contribution in [0, 0.1) is 13.8 Å². The summed E-state index contributed by atoms with van der Waals surface area (Å²) >= 11 is 0. The number of aryl methyl sites for hydroxylation is 2. The summed E-state index contributed by atoms with van der Waals surface area (Å²) in [6, 6.07) is 5.79. The van der Waals surface area contributed by atoms with Gasteiger partial charge in [0.15, 0.2) is 0 Å². The molecule has 0 radical (unpaired) electrons. The standard InChI is InChI=1S/C17H24N4O/c1-12(2)18-16-8-6-7-11-21(16)17(22)10-9-15-13(3)19-20(5)14(15)4/h6-8,11-12H,9-10H2,1-5H3. The minimum atomic E-state index is 0.0580. The molecule has 0 unspecified atom stereocenters. The summed E-state index contributed by atoms with van der Waals surface area (Å²) in [5, 5.41) is 4.40. The third-order valence-electron chi connectivity index (χ3n) is 3.75. The topological polar surface area (TPSA) is 52.2 Å². The highest BCUT2D eigenvalue weighted by Gasteiger charge is 2.12. The van der Waals surface area contributed by atoms with Crippen molar-refractivity contribution in [2.24, 2.45) is 12.0 Å². The highest BCUT2D eigenvalue weighted by Crippen LogP contribution is 2.14. The van der Waals surface area contributed by atoms with E-state index >= 15 is 0 Å². The van der Waals surface area contributed by atoms with Crippen LogP contribution in [0.1, 0.15) is 42.0 Å². The smallest absolute Gasteiger partial charge is 0.232 e. The van der Waals surface area contributed by atoms with Gasteiger partial charge in [-0.1, -0.05) is 6.07 Å². The van der Waals surface area contributed by atoms with Crippen LogP contribution in [0.25, 0.3) is 0 Å². The molecule has 2 rings (SSSR count). The van der Waals surface area contributed by atoms with Crippen molar-refractivity contribution in [3.8, 4) is 0 Å². The molecule has 2 aromatic heterocycles. The molecule has 0 fully saturated rings. The fourth-order valence-electron chi connectivity index (χ4n) is 2.55. The Morgan fingerprint density at radius 2 is 2.05 bits per heavy atom. The van der Waals surface area contributed by atoms with Crippen molar-refractivity contribution >= 4 is 5.91 Å². The number of carbonyl (C=O) groups excluding carboxylic acids is 1. The summed E-state index contributed by atoms with van der Waals surface area (Å²) in [7, 11) is 1.93. The van der Waals surface area contributed by atoms with E-state index in [2.05, 4.69) is 10.1 Å². The summed E-state index contributed by atoms with van der Waals surface area (Å²) in [5.41, 5.74) is 3.99. The van der Waals surface area contributed by atoms with Gasteiger partial charge in [0.2, 0.25) is 5.91 Å². The number of nitrogens with zero attached hydrogens (tertiary/aromatic N) is 4. The Labute approximate surface area is 131 Å². The lowest BCUT2D eigenvalue weighted by molar-refractivity contribution is 0.0897. The molecule has 2 aromatic rings. The Morgan fingerprint density at radius 3 is 2.64 bits per heavy atom. The lowest BCUT2D eigenvalue weighted by Crippen LogP contribution is -2.27. The summed E-state index contributed by atoms with van der Waals surface area (Å²) in [6.45, 7) is 8.03. The van der Waals surface area contributed by atoms with Crippen LogP contribution < -0.4 is 5.49 Å². The Morgan fingerprint density at radius 1 is 1.32 bits per heavy atom. The van der Waals surface area contributed by atoms with Crippen LogP contribution in [0.4, 0.5) is 0 Å².